The van der Waals surface area contributed by atoms with Gasteiger partial charge in [0.15, 0.2) is 0 Å². The van der Waals surface area contributed by atoms with Crippen molar-refractivity contribution in [2.75, 3.05) is 18.0 Å². The fourth-order valence-electron chi connectivity index (χ4n) is 1.61. The van der Waals surface area contributed by atoms with Crippen LogP contribution in [0.4, 0.5) is 5.82 Å². The maximum absolute atomic E-state index is 10.8. The lowest BCUT2D eigenvalue weighted by molar-refractivity contribution is -0.135. The Kier molecular flexibility index (Phi) is 2.97. The average Bonchev–Trinajstić information content (AvgIpc) is 2.75. The number of aliphatic carboxylic acids is 1. The van der Waals surface area contributed by atoms with E-state index in [4.69, 9.17) is 15.9 Å². The zero-order valence-electron chi connectivity index (χ0n) is 8.96. The van der Waals surface area contributed by atoms with E-state index in [2.05, 4.69) is 10.9 Å². The van der Waals surface area contributed by atoms with Gasteiger partial charge in [-0.3, -0.25) is 4.79 Å². The fraction of sp³-hybridized carbons (Fsp3) is 0.167. The molecule has 1 N–H and O–H groups in total. The van der Waals surface area contributed by atoms with Gasteiger partial charge in [-0.1, -0.05) is 5.92 Å². The Balaban J connectivity index is 2.44. The highest BCUT2D eigenvalue weighted by molar-refractivity contribution is 5.90. The number of hydrogen-bond donors (Lipinski definition) is 1. The molecule has 0 atom stereocenters. The van der Waals surface area contributed by atoms with Crippen LogP contribution >= 0.6 is 0 Å². The highest BCUT2D eigenvalue weighted by Gasteiger charge is 2.14. The molecule has 2 heterocycles. The van der Waals surface area contributed by atoms with Gasteiger partial charge in [-0.2, -0.15) is 0 Å². The fourth-order valence-corrected chi connectivity index (χ4v) is 1.61. The van der Waals surface area contributed by atoms with Gasteiger partial charge in [0.25, 0.3) is 0 Å². The molecular weight excluding hydrogens is 220 g/mol. The van der Waals surface area contributed by atoms with Gasteiger partial charge in [-0.25, -0.2) is 4.98 Å². The maximum Gasteiger partial charge on any atom is 0.323 e. The molecule has 2 aromatic rings. The highest BCUT2D eigenvalue weighted by Crippen LogP contribution is 2.24. The summed E-state index contributed by atoms with van der Waals surface area (Å²) >= 11 is 0. The van der Waals surface area contributed by atoms with Crippen molar-refractivity contribution in [2.45, 2.75) is 0 Å². The van der Waals surface area contributed by atoms with Crippen LogP contribution in [0.5, 0.6) is 0 Å². The molecule has 0 saturated heterocycles. The van der Waals surface area contributed by atoms with Crippen molar-refractivity contribution in [3.05, 3.63) is 24.6 Å². The third kappa shape index (κ3) is 2.21. The second-order valence-electron chi connectivity index (χ2n) is 3.42. The number of hydrogen-bond acceptors (Lipinski definition) is 4. The van der Waals surface area contributed by atoms with Crippen LogP contribution in [0.1, 0.15) is 0 Å². The molecule has 5 nitrogen and oxygen atoms in total. The van der Waals surface area contributed by atoms with Crippen LogP contribution in [0.15, 0.2) is 29.0 Å². The van der Waals surface area contributed by atoms with Crippen LogP contribution < -0.4 is 4.90 Å². The summed E-state index contributed by atoms with van der Waals surface area (Å²) in [6.45, 7) is -0.00884. The number of furan rings is 1. The molecule has 0 spiro atoms. The summed E-state index contributed by atoms with van der Waals surface area (Å²) in [6, 6.07) is 3.46. The van der Waals surface area contributed by atoms with E-state index >= 15 is 0 Å². The van der Waals surface area contributed by atoms with Crippen LogP contribution in [-0.2, 0) is 4.79 Å². The summed E-state index contributed by atoms with van der Waals surface area (Å²) in [5.74, 6) is 1.99. The number of carbonyl (C=O) groups is 1. The molecule has 0 aromatic carbocycles. The number of carboxylic acids is 1. The van der Waals surface area contributed by atoms with Crippen LogP contribution in [0.3, 0.4) is 0 Å². The number of terminal acetylenes is 1. The van der Waals surface area contributed by atoms with Crippen LogP contribution in [0.2, 0.25) is 0 Å². The van der Waals surface area contributed by atoms with Gasteiger partial charge in [0.1, 0.15) is 17.9 Å². The normalized spacial score (nSPS) is 10.1. The molecule has 17 heavy (non-hydrogen) atoms. The molecule has 5 heteroatoms. The standard InChI is InChI=1S/C12H10N2O3/c1-2-6-14(8-11(15)16)12-9-4-7-17-10(9)3-5-13-12/h1,3-5,7H,6,8H2,(H,15,16). The quantitative estimate of drug-likeness (QED) is 0.803. The predicted molar refractivity (Wildman–Crippen MR) is 62.7 cm³/mol. The van der Waals surface area contributed by atoms with Crippen molar-refractivity contribution in [3.63, 3.8) is 0 Å². The molecule has 0 aliphatic rings. The SMILES string of the molecule is C#CCN(CC(=O)O)c1nccc2occc12. The summed E-state index contributed by atoms with van der Waals surface area (Å²) in [7, 11) is 0. The van der Waals surface area contributed by atoms with Crippen molar-refractivity contribution < 1.29 is 14.3 Å². The topological polar surface area (TPSA) is 66.6 Å². The Morgan fingerprint density at radius 3 is 3.12 bits per heavy atom. The molecule has 2 rings (SSSR count). The van der Waals surface area contributed by atoms with Crippen molar-refractivity contribution in [2.24, 2.45) is 0 Å². The first-order valence-corrected chi connectivity index (χ1v) is 4.95. The van der Waals surface area contributed by atoms with E-state index in [9.17, 15) is 4.79 Å². The lowest BCUT2D eigenvalue weighted by atomic mass is 10.3. The Labute approximate surface area is 97.7 Å². The molecule has 0 bridgehead atoms. The third-order valence-electron chi connectivity index (χ3n) is 2.27. The van der Waals surface area contributed by atoms with Crippen molar-refractivity contribution >= 4 is 22.8 Å². The van der Waals surface area contributed by atoms with Crippen LogP contribution in [-0.4, -0.2) is 29.1 Å². The van der Waals surface area contributed by atoms with E-state index in [-0.39, 0.29) is 13.1 Å². The molecule has 0 amide bonds. The lowest BCUT2D eigenvalue weighted by Crippen LogP contribution is -2.30. The van der Waals surface area contributed by atoms with Gasteiger partial charge in [-0.05, 0) is 12.1 Å². The molecule has 0 fully saturated rings. The average molecular weight is 230 g/mol. The Bertz CT molecular complexity index is 583. The van der Waals surface area contributed by atoms with Gasteiger partial charge < -0.3 is 14.4 Å². The Hall–Kier alpha value is -2.48. The first-order valence-electron chi connectivity index (χ1n) is 4.95. The largest absolute Gasteiger partial charge is 0.480 e. The van der Waals surface area contributed by atoms with Gasteiger partial charge in [0, 0.05) is 6.20 Å². The Morgan fingerprint density at radius 2 is 2.41 bits per heavy atom. The number of fused-ring (bicyclic) bond motifs is 1. The van der Waals surface area contributed by atoms with E-state index in [1.165, 1.54) is 11.2 Å². The van der Waals surface area contributed by atoms with E-state index in [0.717, 1.165) is 5.39 Å². The highest BCUT2D eigenvalue weighted by atomic mass is 16.4. The molecule has 0 aliphatic carbocycles. The molecule has 0 aliphatic heterocycles. The van der Waals surface area contributed by atoms with Crippen molar-refractivity contribution in [1.82, 2.24) is 4.98 Å². The number of anilines is 1. The van der Waals surface area contributed by atoms with Gasteiger partial charge in [0.05, 0.1) is 18.2 Å². The number of pyridine rings is 1. The Morgan fingerprint density at radius 1 is 1.59 bits per heavy atom. The third-order valence-corrected chi connectivity index (χ3v) is 2.27. The van der Waals surface area contributed by atoms with Crippen LogP contribution in [0, 0.1) is 12.3 Å². The van der Waals surface area contributed by atoms with Gasteiger partial charge in [-0.15, -0.1) is 6.42 Å². The monoisotopic (exact) mass is 230 g/mol. The van der Waals surface area contributed by atoms with Gasteiger partial charge >= 0.3 is 5.97 Å². The predicted octanol–water partition coefficient (Wildman–Crippen LogP) is 1.35. The summed E-state index contributed by atoms with van der Waals surface area (Å²) in [4.78, 5) is 16.4. The zero-order chi connectivity index (χ0) is 12.3. The number of aromatic nitrogens is 1. The summed E-state index contributed by atoms with van der Waals surface area (Å²) in [6.07, 6.45) is 8.32. The number of rotatable bonds is 4. The summed E-state index contributed by atoms with van der Waals surface area (Å²) < 4.78 is 5.23. The molecule has 0 radical (unpaired) electrons. The van der Waals surface area contributed by atoms with Crippen molar-refractivity contribution in [3.8, 4) is 12.3 Å². The van der Waals surface area contributed by atoms with E-state index in [0.29, 0.717) is 11.4 Å². The summed E-state index contributed by atoms with van der Waals surface area (Å²) in [5, 5.41) is 9.59. The maximum atomic E-state index is 10.8. The second-order valence-corrected chi connectivity index (χ2v) is 3.42. The minimum Gasteiger partial charge on any atom is -0.480 e. The van der Waals surface area contributed by atoms with E-state index < -0.39 is 5.97 Å². The van der Waals surface area contributed by atoms with Crippen molar-refractivity contribution in [1.29, 1.82) is 0 Å². The molecule has 0 unspecified atom stereocenters. The number of carboxylic acid groups (broad SMARTS) is 1. The second kappa shape index (κ2) is 4.58. The van der Waals surface area contributed by atoms with Crippen LogP contribution in [0.25, 0.3) is 11.0 Å². The molecular formula is C12H10N2O3. The van der Waals surface area contributed by atoms with Gasteiger partial charge in [0.2, 0.25) is 0 Å². The minimum absolute atomic E-state index is 0.184. The minimum atomic E-state index is -0.956. The molecule has 86 valence electrons. The number of nitrogens with zero attached hydrogens (tertiary/aromatic N) is 2. The molecule has 0 saturated carbocycles. The zero-order valence-corrected chi connectivity index (χ0v) is 8.96. The first kappa shape index (κ1) is 11.0. The van der Waals surface area contributed by atoms with E-state index in [1.807, 2.05) is 0 Å². The first-order chi connectivity index (χ1) is 8.22. The summed E-state index contributed by atoms with van der Waals surface area (Å²) in [5.41, 5.74) is 0.655. The smallest absolute Gasteiger partial charge is 0.323 e. The lowest BCUT2D eigenvalue weighted by Gasteiger charge is -2.19. The van der Waals surface area contributed by atoms with E-state index in [1.54, 1.807) is 18.3 Å². The molecule has 2 aromatic heterocycles.